The maximum atomic E-state index is 11.1. The van der Waals surface area contributed by atoms with Crippen molar-refractivity contribution in [3.05, 3.63) is 0 Å². The highest BCUT2D eigenvalue weighted by molar-refractivity contribution is 5.76. The minimum absolute atomic E-state index is 0.0422. The third kappa shape index (κ3) is 8.06. The molecule has 1 atom stereocenters. The topological polar surface area (TPSA) is 105 Å². The van der Waals surface area contributed by atoms with E-state index in [2.05, 4.69) is 15.4 Å². The molecular weight excluding hydrogens is 228 g/mol. The summed E-state index contributed by atoms with van der Waals surface area (Å²) in [5.41, 5.74) is 0. The van der Waals surface area contributed by atoms with Crippen molar-refractivity contribution in [2.24, 2.45) is 5.92 Å². The predicted molar refractivity (Wildman–Crippen MR) is 59.5 cm³/mol. The van der Waals surface area contributed by atoms with Crippen LogP contribution in [0.25, 0.3) is 0 Å². The molecule has 2 amide bonds. The first-order valence-electron chi connectivity index (χ1n) is 5.37. The molecule has 0 aromatic carbocycles. The highest BCUT2D eigenvalue weighted by Crippen LogP contribution is 1.91. The number of carboxylic acid groups (broad SMARTS) is 1. The van der Waals surface area contributed by atoms with Crippen molar-refractivity contribution < 1.29 is 24.2 Å². The number of hydrogen-bond donors (Lipinski definition) is 3. The third-order valence-electron chi connectivity index (χ3n) is 1.91. The SMILES string of the molecule is CCOC(=O)CCNC(=O)NCC(C)C(=O)O. The molecule has 0 saturated carbocycles. The number of ether oxygens (including phenoxy) is 1. The van der Waals surface area contributed by atoms with Gasteiger partial charge in [-0.1, -0.05) is 6.92 Å². The van der Waals surface area contributed by atoms with E-state index in [1.54, 1.807) is 6.92 Å². The van der Waals surface area contributed by atoms with Crippen molar-refractivity contribution >= 4 is 18.0 Å². The molecule has 0 aliphatic rings. The lowest BCUT2D eigenvalue weighted by molar-refractivity contribution is -0.143. The fourth-order valence-electron chi connectivity index (χ4n) is 0.907. The second kappa shape index (κ2) is 8.37. The smallest absolute Gasteiger partial charge is 0.314 e. The maximum Gasteiger partial charge on any atom is 0.314 e. The van der Waals surface area contributed by atoms with E-state index in [0.29, 0.717) is 6.61 Å². The van der Waals surface area contributed by atoms with Crippen molar-refractivity contribution in [1.82, 2.24) is 10.6 Å². The second-order valence-corrected chi connectivity index (χ2v) is 3.43. The fourth-order valence-corrected chi connectivity index (χ4v) is 0.907. The molecule has 0 fully saturated rings. The van der Waals surface area contributed by atoms with Gasteiger partial charge >= 0.3 is 18.0 Å². The van der Waals surface area contributed by atoms with Gasteiger partial charge in [0.2, 0.25) is 0 Å². The molecule has 0 radical (unpaired) electrons. The molecule has 0 aromatic rings. The van der Waals surface area contributed by atoms with Crippen LogP contribution in [-0.4, -0.2) is 42.8 Å². The summed E-state index contributed by atoms with van der Waals surface area (Å²) in [5, 5.41) is 13.4. The predicted octanol–water partition coefficient (Wildman–Crippen LogP) is -0.0405. The zero-order valence-electron chi connectivity index (χ0n) is 9.99. The molecule has 0 bridgehead atoms. The number of aliphatic carboxylic acids is 1. The average Bonchev–Trinajstić information content (AvgIpc) is 2.26. The van der Waals surface area contributed by atoms with Crippen molar-refractivity contribution in [2.45, 2.75) is 20.3 Å². The summed E-state index contributed by atoms with van der Waals surface area (Å²) >= 11 is 0. The van der Waals surface area contributed by atoms with Gasteiger partial charge in [0.25, 0.3) is 0 Å². The summed E-state index contributed by atoms with van der Waals surface area (Å²) < 4.78 is 4.66. The van der Waals surface area contributed by atoms with Crippen LogP contribution in [0.2, 0.25) is 0 Å². The standard InChI is InChI=1S/C10H18N2O5/c1-3-17-8(13)4-5-11-10(16)12-6-7(2)9(14)15/h7H,3-6H2,1-2H3,(H,14,15)(H2,11,12,16). The Bertz CT molecular complexity index is 280. The van der Waals surface area contributed by atoms with Gasteiger partial charge < -0.3 is 20.5 Å². The van der Waals surface area contributed by atoms with Gasteiger partial charge in [-0.15, -0.1) is 0 Å². The number of carbonyl (C=O) groups is 3. The molecule has 0 aromatic heterocycles. The molecule has 0 aliphatic carbocycles. The van der Waals surface area contributed by atoms with Crippen LogP contribution in [0.4, 0.5) is 4.79 Å². The Balaban J connectivity index is 3.60. The molecule has 1 unspecified atom stereocenters. The van der Waals surface area contributed by atoms with Crippen molar-refractivity contribution in [1.29, 1.82) is 0 Å². The van der Waals surface area contributed by atoms with E-state index >= 15 is 0 Å². The number of nitrogens with one attached hydrogen (secondary N) is 2. The average molecular weight is 246 g/mol. The second-order valence-electron chi connectivity index (χ2n) is 3.43. The Hall–Kier alpha value is -1.79. The van der Waals surface area contributed by atoms with Crippen molar-refractivity contribution in [3.8, 4) is 0 Å². The molecule has 0 rings (SSSR count). The highest BCUT2D eigenvalue weighted by Gasteiger charge is 2.11. The first-order valence-corrected chi connectivity index (χ1v) is 5.37. The van der Waals surface area contributed by atoms with Gasteiger partial charge in [0.05, 0.1) is 18.9 Å². The van der Waals surface area contributed by atoms with Gasteiger partial charge in [-0.2, -0.15) is 0 Å². The van der Waals surface area contributed by atoms with E-state index in [4.69, 9.17) is 5.11 Å². The van der Waals surface area contributed by atoms with Crippen LogP contribution in [0, 0.1) is 5.92 Å². The molecule has 3 N–H and O–H groups in total. The Morgan fingerprint density at radius 1 is 1.29 bits per heavy atom. The monoisotopic (exact) mass is 246 g/mol. The number of urea groups is 1. The number of carboxylic acids is 1. The number of amides is 2. The van der Waals surface area contributed by atoms with E-state index in [0.717, 1.165) is 0 Å². The Morgan fingerprint density at radius 2 is 1.94 bits per heavy atom. The van der Waals surface area contributed by atoms with Crippen LogP contribution in [0.5, 0.6) is 0 Å². The molecule has 0 spiro atoms. The normalized spacial score (nSPS) is 11.4. The number of rotatable bonds is 7. The highest BCUT2D eigenvalue weighted by atomic mass is 16.5. The third-order valence-corrected chi connectivity index (χ3v) is 1.91. The quantitative estimate of drug-likeness (QED) is 0.547. The summed E-state index contributed by atoms with van der Waals surface area (Å²) in [6.07, 6.45) is 0.0930. The molecule has 7 nitrogen and oxygen atoms in total. The van der Waals surface area contributed by atoms with Crippen LogP contribution in [0.3, 0.4) is 0 Å². The maximum absolute atomic E-state index is 11.1. The summed E-state index contributed by atoms with van der Waals surface area (Å²) in [4.78, 5) is 32.5. The first kappa shape index (κ1) is 15.2. The van der Waals surface area contributed by atoms with Crippen LogP contribution in [0.1, 0.15) is 20.3 Å². The van der Waals surface area contributed by atoms with E-state index in [-0.39, 0.29) is 25.5 Å². The van der Waals surface area contributed by atoms with Gasteiger partial charge in [0.1, 0.15) is 0 Å². The molecule has 7 heteroatoms. The van der Waals surface area contributed by atoms with E-state index in [1.165, 1.54) is 6.92 Å². The number of hydrogen-bond acceptors (Lipinski definition) is 4. The van der Waals surface area contributed by atoms with Gasteiger partial charge in [-0.25, -0.2) is 4.79 Å². The van der Waals surface area contributed by atoms with Crippen LogP contribution in [-0.2, 0) is 14.3 Å². The summed E-state index contributed by atoms with van der Waals surface area (Å²) in [7, 11) is 0. The Labute approximate surface area is 99.5 Å². The van der Waals surface area contributed by atoms with Crippen LogP contribution >= 0.6 is 0 Å². The van der Waals surface area contributed by atoms with Gasteiger partial charge in [-0.05, 0) is 6.92 Å². The lowest BCUT2D eigenvalue weighted by atomic mass is 10.2. The summed E-state index contributed by atoms with van der Waals surface area (Å²) in [6.45, 7) is 3.69. The largest absolute Gasteiger partial charge is 0.481 e. The van der Waals surface area contributed by atoms with Crippen LogP contribution in [0.15, 0.2) is 0 Å². The molecule has 0 saturated heterocycles. The number of carbonyl (C=O) groups excluding carboxylic acids is 2. The Kier molecular flexibility index (Phi) is 7.49. The van der Waals surface area contributed by atoms with Gasteiger partial charge in [0, 0.05) is 13.1 Å². The molecule has 17 heavy (non-hydrogen) atoms. The number of esters is 1. The zero-order chi connectivity index (χ0) is 13.3. The zero-order valence-corrected chi connectivity index (χ0v) is 9.99. The molecule has 98 valence electrons. The van der Waals surface area contributed by atoms with E-state index in [9.17, 15) is 14.4 Å². The minimum Gasteiger partial charge on any atom is -0.481 e. The minimum atomic E-state index is -0.975. The Morgan fingerprint density at radius 3 is 2.47 bits per heavy atom. The summed E-state index contributed by atoms with van der Waals surface area (Å²) in [6, 6.07) is -0.498. The van der Waals surface area contributed by atoms with Crippen molar-refractivity contribution in [3.63, 3.8) is 0 Å². The van der Waals surface area contributed by atoms with Gasteiger partial charge in [0.15, 0.2) is 0 Å². The van der Waals surface area contributed by atoms with Crippen LogP contribution < -0.4 is 10.6 Å². The van der Waals surface area contributed by atoms with Crippen molar-refractivity contribution in [2.75, 3.05) is 19.7 Å². The van der Waals surface area contributed by atoms with E-state index in [1.807, 2.05) is 0 Å². The molecule has 0 heterocycles. The van der Waals surface area contributed by atoms with Gasteiger partial charge in [-0.3, -0.25) is 9.59 Å². The summed E-state index contributed by atoms with van der Waals surface area (Å²) in [5.74, 6) is -2.01. The molecule has 0 aliphatic heterocycles. The van der Waals surface area contributed by atoms with E-state index < -0.39 is 17.9 Å². The lowest BCUT2D eigenvalue weighted by Crippen LogP contribution is -2.40. The lowest BCUT2D eigenvalue weighted by Gasteiger charge is -2.09. The molecular formula is C10H18N2O5. The first-order chi connectivity index (χ1) is 7.97. The fraction of sp³-hybridized carbons (Fsp3) is 0.700.